The van der Waals surface area contributed by atoms with Crippen LogP contribution in [0.25, 0.3) is 5.76 Å². The fourth-order valence-corrected chi connectivity index (χ4v) is 4.09. The van der Waals surface area contributed by atoms with Gasteiger partial charge < -0.3 is 19.5 Å². The van der Waals surface area contributed by atoms with Gasteiger partial charge in [0.1, 0.15) is 23.9 Å². The first-order valence-electron chi connectivity index (χ1n) is 11.8. The van der Waals surface area contributed by atoms with Crippen LogP contribution in [0.5, 0.6) is 11.5 Å². The highest BCUT2D eigenvalue weighted by Gasteiger charge is 2.46. The number of ketones is 1. The lowest BCUT2D eigenvalue weighted by atomic mass is 9.95. The average molecular weight is 485 g/mol. The Kier molecular flexibility index (Phi) is 7.80. The molecule has 1 unspecified atom stereocenters. The van der Waals surface area contributed by atoms with Crippen molar-refractivity contribution in [3.63, 3.8) is 0 Å². The minimum absolute atomic E-state index is 0.0251. The van der Waals surface area contributed by atoms with E-state index in [1.807, 2.05) is 13.0 Å². The number of hydrogen-bond acceptors (Lipinski definition) is 6. The zero-order valence-electron chi connectivity index (χ0n) is 20.1. The Morgan fingerprint density at radius 1 is 1.06 bits per heavy atom. The number of likely N-dealkylation sites (tertiary alicyclic amines) is 1. The summed E-state index contributed by atoms with van der Waals surface area (Å²) in [6, 6.07) is 16.8. The first kappa shape index (κ1) is 24.7. The molecule has 1 fully saturated rings. The summed E-state index contributed by atoms with van der Waals surface area (Å²) in [4.78, 5) is 32.0. The smallest absolute Gasteiger partial charge is 0.295 e. The van der Waals surface area contributed by atoms with Crippen LogP contribution in [0.2, 0.25) is 0 Å². The third kappa shape index (κ3) is 5.30. The summed E-state index contributed by atoms with van der Waals surface area (Å²) in [5.74, 6) is -0.432. The van der Waals surface area contributed by atoms with Crippen molar-refractivity contribution < 1.29 is 24.2 Å². The molecule has 1 atom stereocenters. The van der Waals surface area contributed by atoms with E-state index in [9.17, 15) is 14.7 Å². The number of Topliss-reactive ketones (excluding diaryl/α,β-unsaturated/α-hetero) is 1. The molecule has 4 rings (SSSR count). The number of aliphatic hydroxyl groups excluding tert-OH is 1. The predicted molar refractivity (Wildman–Crippen MR) is 136 cm³/mol. The molecule has 7 nitrogen and oxygen atoms in total. The Morgan fingerprint density at radius 3 is 2.50 bits per heavy atom. The largest absolute Gasteiger partial charge is 0.507 e. The van der Waals surface area contributed by atoms with E-state index in [2.05, 4.69) is 11.6 Å². The van der Waals surface area contributed by atoms with Crippen molar-refractivity contribution in [2.24, 2.45) is 0 Å². The van der Waals surface area contributed by atoms with Crippen molar-refractivity contribution in [3.8, 4) is 11.5 Å². The topological polar surface area (TPSA) is 89.0 Å². The number of benzene rings is 2. The Morgan fingerprint density at radius 2 is 1.81 bits per heavy atom. The van der Waals surface area contributed by atoms with Gasteiger partial charge in [-0.25, -0.2) is 0 Å². The van der Waals surface area contributed by atoms with Crippen LogP contribution in [-0.4, -0.2) is 39.9 Å². The summed E-state index contributed by atoms with van der Waals surface area (Å²) in [5.41, 5.74) is 1.91. The lowest BCUT2D eigenvalue weighted by Crippen LogP contribution is -2.29. The van der Waals surface area contributed by atoms with Crippen LogP contribution in [0.1, 0.15) is 36.1 Å². The number of pyridine rings is 1. The van der Waals surface area contributed by atoms with Gasteiger partial charge in [-0.05, 0) is 66.1 Å². The highest BCUT2D eigenvalue weighted by Crippen LogP contribution is 2.41. The predicted octanol–water partition coefficient (Wildman–Crippen LogP) is 5.06. The molecule has 1 aromatic heterocycles. The van der Waals surface area contributed by atoms with E-state index in [1.54, 1.807) is 73.1 Å². The fourth-order valence-electron chi connectivity index (χ4n) is 4.09. The minimum atomic E-state index is -0.804. The monoisotopic (exact) mass is 484 g/mol. The van der Waals surface area contributed by atoms with Crippen LogP contribution in [0.15, 0.2) is 91.3 Å². The standard InChI is InChI=1S/C29H28N2O5/c1-3-16-35-23-10-8-21(9-11-23)27(32)25-26(22-6-5-7-24(18-22)36-17-4-2)31(29(34)28(25)33)19-20-12-14-30-15-13-20/h4-15,18,26,32H,2-3,16-17,19H2,1H3/b27-25-. The number of carbonyl (C=O) groups is 2. The van der Waals surface area contributed by atoms with Crippen LogP contribution in [0.4, 0.5) is 0 Å². The molecule has 2 aromatic carbocycles. The van der Waals surface area contributed by atoms with Crippen molar-refractivity contribution in [1.82, 2.24) is 9.88 Å². The lowest BCUT2D eigenvalue weighted by Gasteiger charge is -2.25. The van der Waals surface area contributed by atoms with Crippen molar-refractivity contribution in [2.45, 2.75) is 25.9 Å². The molecule has 36 heavy (non-hydrogen) atoms. The van der Waals surface area contributed by atoms with Gasteiger partial charge in [0.25, 0.3) is 11.7 Å². The highest BCUT2D eigenvalue weighted by atomic mass is 16.5. The van der Waals surface area contributed by atoms with Crippen molar-refractivity contribution >= 4 is 17.4 Å². The van der Waals surface area contributed by atoms with Gasteiger partial charge >= 0.3 is 0 Å². The van der Waals surface area contributed by atoms with Gasteiger partial charge in [0.15, 0.2) is 0 Å². The van der Waals surface area contributed by atoms with Gasteiger partial charge in [-0.1, -0.05) is 31.7 Å². The van der Waals surface area contributed by atoms with Gasteiger partial charge in [-0.2, -0.15) is 0 Å². The maximum atomic E-state index is 13.3. The summed E-state index contributed by atoms with van der Waals surface area (Å²) in [6.07, 6.45) is 5.77. The number of aromatic nitrogens is 1. The molecule has 3 aromatic rings. The Labute approximate surface area is 210 Å². The fraction of sp³-hybridized carbons (Fsp3) is 0.207. The Hall–Kier alpha value is -4.39. The van der Waals surface area contributed by atoms with Crippen LogP contribution in [0, 0.1) is 0 Å². The number of aliphatic hydroxyl groups is 1. The van der Waals surface area contributed by atoms with E-state index in [-0.39, 0.29) is 17.9 Å². The molecule has 7 heteroatoms. The second kappa shape index (κ2) is 11.4. The van der Waals surface area contributed by atoms with Crippen LogP contribution in [0.3, 0.4) is 0 Å². The van der Waals surface area contributed by atoms with Crippen LogP contribution in [-0.2, 0) is 16.1 Å². The molecule has 1 aliphatic rings. The molecule has 1 N–H and O–H groups in total. The van der Waals surface area contributed by atoms with Gasteiger partial charge in [-0.3, -0.25) is 14.6 Å². The number of amides is 1. The molecular formula is C29H28N2O5. The molecule has 1 amide bonds. The third-order valence-corrected chi connectivity index (χ3v) is 5.78. The Balaban J connectivity index is 1.79. The van der Waals surface area contributed by atoms with E-state index in [1.165, 1.54) is 4.90 Å². The molecule has 2 heterocycles. The molecule has 0 aliphatic carbocycles. The summed E-state index contributed by atoms with van der Waals surface area (Å²) in [7, 11) is 0. The van der Waals surface area contributed by atoms with Crippen molar-refractivity contribution in [3.05, 3.63) is 108 Å². The number of carbonyl (C=O) groups excluding carboxylic acids is 2. The summed E-state index contributed by atoms with van der Waals surface area (Å²) >= 11 is 0. The van der Waals surface area contributed by atoms with Gasteiger partial charge in [0, 0.05) is 24.5 Å². The lowest BCUT2D eigenvalue weighted by molar-refractivity contribution is -0.140. The van der Waals surface area contributed by atoms with Crippen LogP contribution >= 0.6 is 0 Å². The number of ether oxygens (including phenoxy) is 2. The van der Waals surface area contributed by atoms with Crippen molar-refractivity contribution in [1.29, 1.82) is 0 Å². The first-order chi connectivity index (χ1) is 17.5. The summed E-state index contributed by atoms with van der Waals surface area (Å²) in [6.45, 7) is 6.75. The van der Waals surface area contributed by atoms with Crippen LogP contribution < -0.4 is 9.47 Å². The molecule has 0 bridgehead atoms. The molecule has 0 saturated carbocycles. The Bertz CT molecular complexity index is 1270. The zero-order valence-corrected chi connectivity index (χ0v) is 20.1. The maximum Gasteiger partial charge on any atom is 0.295 e. The van der Waals surface area contributed by atoms with E-state index < -0.39 is 17.7 Å². The van der Waals surface area contributed by atoms with E-state index in [0.29, 0.717) is 35.8 Å². The summed E-state index contributed by atoms with van der Waals surface area (Å²) < 4.78 is 11.3. The normalized spacial score (nSPS) is 16.7. The van der Waals surface area contributed by atoms with E-state index in [4.69, 9.17) is 9.47 Å². The van der Waals surface area contributed by atoms with Gasteiger partial charge in [0.05, 0.1) is 18.2 Å². The second-order valence-electron chi connectivity index (χ2n) is 8.33. The molecule has 1 aliphatic heterocycles. The molecule has 1 saturated heterocycles. The number of rotatable bonds is 10. The first-order valence-corrected chi connectivity index (χ1v) is 11.8. The SMILES string of the molecule is C=CCOc1cccc(C2/C(=C(/O)c3ccc(OCCC)cc3)C(=O)C(=O)N2Cc2ccncc2)c1. The molecule has 184 valence electrons. The van der Waals surface area contributed by atoms with Gasteiger partial charge in [-0.15, -0.1) is 0 Å². The number of hydrogen-bond donors (Lipinski definition) is 1. The number of nitrogens with zero attached hydrogens (tertiary/aromatic N) is 2. The second-order valence-corrected chi connectivity index (χ2v) is 8.33. The molecule has 0 radical (unpaired) electrons. The average Bonchev–Trinajstić information content (AvgIpc) is 3.16. The zero-order chi connectivity index (χ0) is 25.5. The maximum absolute atomic E-state index is 13.3. The highest BCUT2D eigenvalue weighted by molar-refractivity contribution is 6.46. The quantitative estimate of drug-likeness (QED) is 0.187. The van der Waals surface area contributed by atoms with E-state index in [0.717, 1.165) is 12.0 Å². The van der Waals surface area contributed by atoms with Crippen molar-refractivity contribution in [2.75, 3.05) is 13.2 Å². The van der Waals surface area contributed by atoms with E-state index >= 15 is 0 Å². The molecular weight excluding hydrogens is 456 g/mol. The minimum Gasteiger partial charge on any atom is -0.507 e. The molecule has 0 spiro atoms. The van der Waals surface area contributed by atoms with Gasteiger partial charge in [0.2, 0.25) is 0 Å². The summed E-state index contributed by atoms with van der Waals surface area (Å²) in [5, 5.41) is 11.3. The third-order valence-electron chi connectivity index (χ3n) is 5.78.